The van der Waals surface area contributed by atoms with E-state index in [0.29, 0.717) is 12.6 Å². The largest absolute Gasteiger partial charge is 0.320 e. The second-order valence-electron chi connectivity index (χ2n) is 6.30. The summed E-state index contributed by atoms with van der Waals surface area (Å²) in [7, 11) is 0. The zero-order valence-corrected chi connectivity index (χ0v) is 13.5. The van der Waals surface area contributed by atoms with Gasteiger partial charge in [-0.05, 0) is 54.1 Å². The zero-order chi connectivity index (χ0) is 16.4. The van der Waals surface area contributed by atoms with Crippen LogP contribution in [0.2, 0.25) is 0 Å². The number of urea groups is 1. The third-order valence-corrected chi connectivity index (χ3v) is 4.80. The molecule has 4 rings (SSSR count). The lowest BCUT2D eigenvalue weighted by Gasteiger charge is -2.31. The molecule has 0 unspecified atom stereocenters. The molecule has 0 radical (unpaired) electrons. The van der Waals surface area contributed by atoms with Gasteiger partial charge in [0.2, 0.25) is 0 Å². The number of aromatic nitrogens is 4. The summed E-state index contributed by atoms with van der Waals surface area (Å²) < 4.78 is 1.61. The van der Waals surface area contributed by atoms with Gasteiger partial charge in [-0.1, -0.05) is 12.1 Å². The van der Waals surface area contributed by atoms with Gasteiger partial charge in [0, 0.05) is 25.7 Å². The molecule has 0 spiro atoms. The second kappa shape index (κ2) is 6.56. The first-order chi connectivity index (χ1) is 11.8. The van der Waals surface area contributed by atoms with E-state index in [1.54, 1.807) is 11.0 Å². The maximum atomic E-state index is 12.7. The fourth-order valence-corrected chi connectivity index (χ4v) is 3.46. The number of tetrazole rings is 1. The highest BCUT2D eigenvalue weighted by molar-refractivity contribution is 5.77. The summed E-state index contributed by atoms with van der Waals surface area (Å²) in [6.45, 7) is 4.31. The molecule has 1 aromatic heterocycles. The highest BCUT2D eigenvalue weighted by atomic mass is 16.2. The molecule has 2 saturated heterocycles. The van der Waals surface area contributed by atoms with Crippen molar-refractivity contribution in [2.75, 3.05) is 26.2 Å². The van der Waals surface area contributed by atoms with Crippen LogP contribution in [0.4, 0.5) is 4.79 Å². The maximum Gasteiger partial charge on any atom is 0.320 e. The molecule has 2 aliphatic heterocycles. The first-order valence-corrected chi connectivity index (χ1v) is 8.40. The van der Waals surface area contributed by atoms with Crippen LogP contribution in [0.1, 0.15) is 18.4 Å². The summed E-state index contributed by atoms with van der Waals surface area (Å²) in [6.07, 6.45) is 3.68. The fraction of sp³-hybridized carbons (Fsp3) is 0.500. The van der Waals surface area contributed by atoms with Gasteiger partial charge in [-0.15, -0.1) is 5.10 Å². The first kappa shape index (κ1) is 15.1. The standard InChI is InChI=1S/C16H21N7O/c24-16-21(9-10-22(16)14-5-7-17-8-6-14)11-13-1-3-15(4-2-13)23-12-18-19-20-23/h1-4,12,14,17H,5-11H2. The van der Waals surface area contributed by atoms with Crippen molar-refractivity contribution in [1.29, 1.82) is 0 Å². The van der Waals surface area contributed by atoms with E-state index in [4.69, 9.17) is 0 Å². The average Bonchev–Trinajstić information content (AvgIpc) is 3.28. The second-order valence-corrected chi connectivity index (χ2v) is 6.30. The lowest BCUT2D eigenvalue weighted by molar-refractivity contribution is 0.165. The van der Waals surface area contributed by atoms with E-state index < -0.39 is 0 Å². The predicted octanol–water partition coefficient (Wildman–Crippen LogP) is 0.652. The Hall–Kier alpha value is -2.48. The van der Waals surface area contributed by atoms with Crippen LogP contribution in [0.5, 0.6) is 0 Å². The molecule has 8 heteroatoms. The number of carbonyl (C=O) groups excluding carboxylic acids is 1. The van der Waals surface area contributed by atoms with E-state index in [2.05, 4.69) is 25.7 Å². The van der Waals surface area contributed by atoms with Gasteiger partial charge >= 0.3 is 6.03 Å². The molecule has 126 valence electrons. The number of amides is 2. The first-order valence-electron chi connectivity index (χ1n) is 8.40. The van der Waals surface area contributed by atoms with Crippen LogP contribution < -0.4 is 5.32 Å². The molecule has 1 aromatic carbocycles. The van der Waals surface area contributed by atoms with E-state index in [1.807, 2.05) is 29.2 Å². The molecule has 0 saturated carbocycles. The minimum Gasteiger partial charge on any atom is -0.320 e. The summed E-state index contributed by atoms with van der Waals surface area (Å²) >= 11 is 0. The number of rotatable bonds is 4. The van der Waals surface area contributed by atoms with Crippen molar-refractivity contribution >= 4 is 6.03 Å². The quantitative estimate of drug-likeness (QED) is 0.892. The van der Waals surface area contributed by atoms with Crippen LogP contribution in [0.3, 0.4) is 0 Å². The monoisotopic (exact) mass is 327 g/mol. The van der Waals surface area contributed by atoms with E-state index in [1.165, 1.54) is 0 Å². The van der Waals surface area contributed by atoms with Crippen molar-refractivity contribution in [2.45, 2.75) is 25.4 Å². The van der Waals surface area contributed by atoms with E-state index in [-0.39, 0.29) is 6.03 Å². The van der Waals surface area contributed by atoms with Gasteiger partial charge in [0.25, 0.3) is 0 Å². The molecule has 3 heterocycles. The van der Waals surface area contributed by atoms with Crippen LogP contribution in [-0.2, 0) is 6.54 Å². The molecular formula is C16H21N7O. The normalized spacial score (nSPS) is 19.2. The van der Waals surface area contributed by atoms with Crippen LogP contribution >= 0.6 is 0 Å². The summed E-state index contributed by atoms with van der Waals surface area (Å²) in [5.41, 5.74) is 2.03. The molecule has 0 bridgehead atoms. The van der Waals surface area contributed by atoms with Crippen molar-refractivity contribution in [2.24, 2.45) is 0 Å². The van der Waals surface area contributed by atoms with Crippen molar-refractivity contribution in [3.05, 3.63) is 36.2 Å². The minimum absolute atomic E-state index is 0.173. The van der Waals surface area contributed by atoms with E-state index in [0.717, 1.165) is 50.3 Å². The minimum atomic E-state index is 0.173. The molecule has 0 aliphatic carbocycles. The van der Waals surface area contributed by atoms with Crippen molar-refractivity contribution in [1.82, 2.24) is 35.3 Å². The molecular weight excluding hydrogens is 306 g/mol. The number of hydrogen-bond donors (Lipinski definition) is 1. The van der Waals surface area contributed by atoms with Crippen LogP contribution in [0.25, 0.3) is 5.69 Å². The molecule has 24 heavy (non-hydrogen) atoms. The number of piperidine rings is 1. The topological polar surface area (TPSA) is 79.2 Å². The van der Waals surface area contributed by atoms with Crippen molar-refractivity contribution in [3.63, 3.8) is 0 Å². The molecule has 8 nitrogen and oxygen atoms in total. The number of hydrogen-bond acceptors (Lipinski definition) is 5. The number of carbonyl (C=O) groups is 1. The van der Waals surface area contributed by atoms with Crippen LogP contribution in [0.15, 0.2) is 30.6 Å². The Morgan fingerprint density at radius 3 is 2.62 bits per heavy atom. The summed E-state index contributed by atoms with van der Waals surface area (Å²) in [6, 6.07) is 8.56. The van der Waals surface area contributed by atoms with Gasteiger partial charge < -0.3 is 15.1 Å². The predicted molar refractivity (Wildman–Crippen MR) is 87.6 cm³/mol. The summed E-state index contributed by atoms with van der Waals surface area (Å²) in [4.78, 5) is 16.7. The van der Waals surface area contributed by atoms with E-state index in [9.17, 15) is 4.79 Å². The molecule has 2 aromatic rings. The van der Waals surface area contributed by atoms with Gasteiger partial charge in [-0.3, -0.25) is 0 Å². The van der Waals surface area contributed by atoms with Gasteiger partial charge in [0.1, 0.15) is 6.33 Å². The highest BCUT2D eigenvalue weighted by Gasteiger charge is 2.33. The van der Waals surface area contributed by atoms with Gasteiger partial charge in [0.15, 0.2) is 0 Å². The zero-order valence-electron chi connectivity index (χ0n) is 13.5. The summed E-state index contributed by atoms with van der Waals surface area (Å²) in [5.74, 6) is 0. The maximum absolute atomic E-state index is 12.7. The molecule has 1 N–H and O–H groups in total. The third kappa shape index (κ3) is 2.96. The Morgan fingerprint density at radius 2 is 1.92 bits per heavy atom. The van der Waals surface area contributed by atoms with Crippen molar-refractivity contribution in [3.8, 4) is 5.69 Å². The van der Waals surface area contributed by atoms with Gasteiger partial charge in [-0.25, -0.2) is 9.48 Å². The lowest BCUT2D eigenvalue weighted by Crippen LogP contribution is -2.45. The Bertz CT molecular complexity index is 679. The average molecular weight is 327 g/mol. The Morgan fingerprint density at radius 1 is 1.12 bits per heavy atom. The molecule has 2 amide bonds. The van der Waals surface area contributed by atoms with E-state index >= 15 is 0 Å². The Labute approximate surface area is 140 Å². The highest BCUT2D eigenvalue weighted by Crippen LogP contribution is 2.20. The fourth-order valence-electron chi connectivity index (χ4n) is 3.46. The molecule has 2 fully saturated rings. The molecule has 2 aliphatic rings. The Balaban J connectivity index is 1.39. The van der Waals surface area contributed by atoms with Gasteiger partial charge in [-0.2, -0.15) is 0 Å². The SMILES string of the molecule is O=C1N(Cc2ccc(-n3cnnn3)cc2)CCN1C1CCNCC1. The van der Waals surface area contributed by atoms with Gasteiger partial charge in [0.05, 0.1) is 5.69 Å². The Kier molecular flexibility index (Phi) is 4.12. The lowest BCUT2D eigenvalue weighted by atomic mass is 10.1. The third-order valence-electron chi connectivity index (χ3n) is 4.80. The van der Waals surface area contributed by atoms with Crippen molar-refractivity contribution < 1.29 is 4.79 Å². The molecule has 0 atom stereocenters. The summed E-state index contributed by atoms with van der Waals surface area (Å²) in [5, 5.41) is 14.5. The number of nitrogens with zero attached hydrogens (tertiary/aromatic N) is 6. The number of benzene rings is 1. The smallest absolute Gasteiger partial charge is 0.320 e. The number of nitrogens with one attached hydrogen (secondary N) is 1. The van der Waals surface area contributed by atoms with Crippen LogP contribution in [0, 0.1) is 0 Å². The van der Waals surface area contributed by atoms with Crippen LogP contribution in [-0.4, -0.2) is 68.3 Å².